The maximum atomic E-state index is 11.0. The van der Waals surface area contributed by atoms with Crippen LogP contribution in [0.15, 0.2) is 34.7 Å². The first-order valence-corrected chi connectivity index (χ1v) is 15.5. The van der Waals surface area contributed by atoms with E-state index in [9.17, 15) is 60.7 Å². The van der Waals surface area contributed by atoms with Gasteiger partial charge in [0.1, 0.15) is 72.1 Å². The molecule has 2 unspecified atom stereocenters. The largest absolute Gasteiger partial charge is 0.507 e. The van der Waals surface area contributed by atoms with Crippen molar-refractivity contribution in [2.75, 3.05) is 27.4 Å². The van der Waals surface area contributed by atoms with Crippen LogP contribution in [0.5, 0.6) is 34.5 Å². The molecule has 53 heavy (non-hydrogen) atoms. The van der Waals surface area contributed by atoms with Crippen molar-refractivity contribution in [2.45, 2.75) is 67.8 Å². The minimum Gasteiger partial charge on any atom is -0.507 e. The van der Waals surface area contributed by atoms with Crippen molar-refractivity contribution in [1.82, 2.24) is 0 Å². The number of methoxy groups -OCH3 is 2. The van der Waals surface area contributed by atoms with Gasteiger partial charge in [0.25, 0.3) is 0 Å². The Bertz CT molecular complexity index is 1720. The van der Waals surface area contributed by atoms with Gasteiger partial charge in [-0.3, -0.25) is 9.59 Å². The molecule has 0 spiro atoms. The predicted octanol–water partition coefficient (Wildman–Crippen LogP) is -2.50. The van der Waals surface area contributed by atoms with Crippen LogP contribution in [0, 0.1) is 0 Å². The number of fused-ring (bicyclic) bond motifs is 1. The van der Waals surface area contributed by atoms with Crippen LogP contribution in [0.25, 0.3) is 22.3 Å². The Labute approximate surface area is 298 Å². The molecule has 2 saturated heterocycles. The summed E-state index contributed by atoms with van der Waals surface area (Å²) in [5.41, 5.74) is 0.346. The van der Waals surface area contributed by atoms with E-state index in [4.69, 9.17) is 38.3 Å². The highest BCUT2D eigenvalue weighted by molar-refractivity contribution is 5.90. The van der Waals surface area contributed by atoms with Crippen molar-refractivity contribution in [3.8, 4) is 45.8 Å². The Morgan fingerprint density at radius 2 is 1.25 bits per heavy atom. The Morgan fingerprint density at radius 1 is 0.717 bits per heavy atom. The monoisotopic (exact) mass is 759 g/mol. The molecule has 2 fully saturated rings. The van der Waals surface area contributed by atoms with Gasteiger partial charge in [-0.1, -0.05) is 0 Å². The molecule has 12 N–H and O–H groups in total. The Kier molecular flexibility index (Phi) is 13.4. The molecule has 21 nitrogen and oxygen atoms in total. The zero-order valence-electron chi connectivity index (χ0n) is 27.8. The second-order valence-electron chi connectivity index (χ2n) is 11.6. The summed E-state index contributed by atoms with van der Waals surface area (Å²) in [7, 11) is 2.69. The van der Waals surface area contributed by atoms with E-state index in [-0.39, 0.29) is 56.8 Å². The second kappa shape index (κ2) is 17.3. The number of aromatic hydroxyl groups is 3. The molecule has 292 valence electrons. The van der Waals surface area contributed by atoms with Crippen LogP contribution in [0.4, 0.5) is 0 Å². The number of carbonyl (C=O) groups is 2. The summed E-state index contributed by atoms with van der Waals surface area (Å²) in [5.74, 6) is -3.49. The molecule has 0 amide bonds. The number of aliphatic hydroxyl groups is 8. The number of ether oxygens (including phenoxy) is 6. The van der Waals surface area contributed by atoms with E-state index < -0.39 is 93.0 Å². The molecule has 2 aliphatic rings. The first-order valence-electron chi connectivity index (χ1n) is 15.5. The number of carboxylic acids is 1. The number of aliphatic carboxylic acids is 1. The molecule has 3 aromatic rings. The minimum absolute atomic E-state index is 0.0431. The van der Waals surface area contributed by atoms with Crippen LogP contribution in [0.1, 0.15) is 6.42 Å². The molecular weight excluding hydrogens is 720 g/mol. The molecule has 0 radical (unpaired) electrons. The van der Waals surface area contributed by atoms with Crippen LogP contribution in [0.2, 0.25) is 0 Å². The molecule has 5 rings (SSSR count). The van der Waals surface area contributed by atoms with Crippen LogP contribution < -0.4 is 14.2 Å². The van der Waals surface area contributed by atoms with Gasteiger partial charge in [-0.05, 0) is 0 Å². The van der Waals surface area contributed by atoms with Crippen LogP contribution in [-0.4, -0.2) is 162 Å². The van der Waals surface area contributed by atoms with E-state index in [1.54, 1.807) is 0 Å². The number of aliphatic hydroxyl groups excluding tert-OH is 8. The lowest BCUT2D eigenvalue weighted by atomic mass is 9.99. The van der Waals surface area contributed by atoms with Gasteiger partial charge in [-0.15, -0.1) is 0 Å². The number of phenolic OH excluding ortho intramolecular Hbond substituents is 2. The fourth-order valence-electron chi connectivity index (χ4n) is 5.26. The summed E-state index contributed by atoms with van der Waals surface area (Å²) in [4.78, 5) is 21.3. The molecule has 2 aromatic carbocycles. The maximum Gasteiger partial charge on any atom is 0.402 e. The topological polar surface area (TPSA) is 344 Å². The number of rotatable bonds is 10. The molecule has 0 saturated carbocycles. The van der Waals surface area contributed by atoms with Gasteiger partial charge in [-0.2, -0.15) is 0 Å². The van der Waals surface area contributed by atoms with Gasteiger partial charge in [0.2, 0.25) is 24.1 Å². The van der Waals surface area contributed by atoms with Crippen LogP contribution >= 0.6 is 0 Å². The Balaban J connectivity index is 0.000000294. The highest BCUT2D eigenvalue weighted by atomic mass is 16.7. The average molecular weight is 760 g/mol. The van der Waals surface area contributed by atoms with Gasteiger partial charge in [-0.25, -0.2) is 4.42 Å². The first-order chi connectivity index (χ1) is 25.0. The molecule has 3 heterocycles. The number of hydrogen-bond donors (Lipinski definition) is 12. The summed E-state index contributed by atoms with van der Waals surface area (Å²) in [6.07, 6.45) is -16.4. The number of esters is 1. The van der Waals surface area contributed by atoms with Gasteiger partial charge >= 0.3 is 23.3 Å². The summed E-state index contributed by atoms with van der Waals surface area (Å²) < 4.78 is 36.4. The van der Waals surface area contributed by atoms with Crippen molar-refractivity contribution in [3.63, 3.8) is 0 Å². The zero-order valence-corrected chi connectivity index (χ0v) is 27.8. The molecule has 10 atom stereocenters. The molecule has 1 aromatic heterocycles. The van der Waals surface area contributed by atoms with Gasteiger partial charge in [0.15, 0.2) is 11.5 Å². The summed E-state index contributed by atoms with van der Waals surface area (Å²) in [6, 6.07) is 6.53. The third-order valence-corrected chi connectivity index (χ3v) is 8.04. The van der Waals surface area contributed by atoms with Crippen LogP contribution in [-0.2, 0) is 23.8 Å². The van der Waals surface area contributed by atoms with Gasteiger partial charge in [0.05, 0.1) is 39.1 Å². The number of benzene rings is 2. The lowest BCUT2D eigenvalue weighted by Gasteiger charge is -2.39. The fraction of sp³-hybridized carbons (Fsp3) is 0.469. The summed E-state index contributed by atoms with van der Waals surface area (Å²) in [6.45, 7) is -1.32. The van der Waals surface area contributed by atoms with Crippen molar-refractivity contribution >= 4 is 22.9 Å². The highest BCUT2D eigenvalue weighted by Gasteiger charge is 2.46. The van der Waals surface area contributed by atoms with E-state index in [0.717, 1.165) is 0 Å². The predicted molar refractivity (Wildman–Crippen MR) is 171 cm³/mol. The minimum atomic E-state index is -1.74. The number of carboxylic acid groups (broad SMARTS) is 1. The van der Waals surface area contributed by atoms with Crippen molar-refractivity contribution in [2.24, 2.45) is 0 Å². The number of phenols is 2. The van der Waals surface area contributed by atoms with E-state index in [0.29, 0.717) is 0 Å². The van der Waals surface area contributed by atoms with Crippen molar-refractivity contribution in [3.05, 3.63) is 30.3 Å². The lowest BCUT2D eigenvalue weighted by Crippen LogP contribution is -2.60. The van der Waals surface area contributed by atoms with Crippen molar-refractivity contribution < 1.29 is 104 Å². The van der Waals surface area contributed by atoms with E-state index >= 15 is 0 Å². The average Bonchev–Trinajstić information content (AvgIpc) is 3.12. The quantitative estimate of drug-likeness (QED) is 0.0577. The van der Waals surface area contributed by atoms with E-state index in [2.05, 4.69) is 4.74 Å². The SMILES string of the molecule is COc1cc(-c2[o+]c3cc(O)cc(OC4O[C@H](CO)[C@@H](O)[C@H](O)[C@H]4O)c3cc2O)cc(OC)c1O.O=C(O)CC(=O)OC1O[C@H](CO)[C@@H](O)[C@H](O)[C@H]1O. The summed E-state index contributed by atoms with van der Waals surface area (Å²) >= 11 is 0. The third-order valence-electron chi connectivity index (χ3n) is 8.04. The second-order valence-corrected chi connectivity index (χ2v) is 11.6. The van der Waals surface area contributed by atoms with E-state index in [1.807, 2.05) is 0 Å². The molecule has 2 aliphatic heterocycles. The zero-order chi connectivity index (χ0) is 39.3. The maximum absolute atomic E-state index is 11.0. The fourth-order valence-corrected chi connectivity index (χ4v) is 5.26. The smallest absolute Gasteiger partial charge is 0.402 e. The molecular formula is C32H39O21+. The first kappa shape index (κ1) is 41.0. The van der Waals surface area contributed by atoms with Crippen molar-refractivity contribution in [1.29, 1.82) is 0 Å². The highest BCUT2D eigenvalue weighted by Crippen LogP contribution is 2.45. The number of carbonyl (C=O) groups excluding carboxylic acids is 1. The molecule has 21 heteroatoms. The standard InChI is InChI=1S/C23H24O12.C9H14O9/c1-31-15-3-9(4-16(32-2)18(15)27)22-12(26)7-11-13(33-22)5-10(25)6-14(11)34-23-21(30)20(29)19(28)17(8-24)35-23;10-2-3-6(14)7(15)8(16)9(17-3)18-5(13)1-4(11)12/h3-7,17,19-21,23-24,28-30H,8H2,1-2H3,(H2-,25,26,27);3,6-10,14-16H,1-2H2,(H,11,12)/p+1/t17-,19-,20+,21-,23?;3-,6-,7+,8-,9?/m11/s1. The normalized spacial score (nSPS) is 28.3. The van der Waals surface area contributed by atoms with E-state index in [1.165, 1.54) is 44.6 Å². The third kappa shape index (κ3) is 9.05. The molecule has 0 bridgehead atoms. The van der Waals surface area contributed by atoms with Gasteiger partial charge in [0, 0.05) is 24.3 Å². The Morgan fingerprint density at radius 3 is 1.75 bits per heavy atom. The van der Waals surface area contributed by atoms with Crippen LogP contribution in [0.3, 0.4) is 0 Å². The lowest BCUT2D eigenvalue weighted by molar-refractivity contribution is -0.292. The number of hydrogen-bond acceptors (Lipinski definition) is 19. The molecule has 0 aliphatic carbocycles. The van der Waals surface area contributed by atoms with Gasteiger partial charge < -0.3 is 89.7 Å². The summed E-state index contributed by atoms with van der Waals surface area (Å²) in [5, 5.41) is 116. The Hall–Kier alpha value is -4.81.